The molecule has 116 valence electrons. The van der Waals surface area contributed by atoms with Gasteiger partial charge in [-0.1, -0.05) is 19.9 Å². The normalized spacial score (nSPS) is 23.8. The Morgan fingerprint density at radius 3 is 2.43 bits per heavy atom. The van der Waals surface area contributed by atoms with Gasteiger partial charge in [0.25, 0.3) is 0 Å². The van der Waals surface area contributed by atoms with Crippen molar-refractivity contribution < 1.29 is 13.6 Å². The molecule has 1 heterocycles. The third-order valence-electron chi connectivity index (χ3n) is 3.94. The standard InChI is InChI=1S/C16H22F2N2O/c1-10-6-11(2)9-20(8-10)16(21)19-12(3)13-4-5-14(17)15(18)7-13/h4-5,7,10-12H,6,8-9H2,1-3H3,(H,19,21). The van der Waals surface area contributed by atoms with Crippen LogP contribution in [0.15, 0.2) is 18.2 Å². The van der Waals surface area contributed by atoms with Gasteiger partial charge in [0.05, 0.1) is 6.04 Å². The summed E-state index contributed by atoms with van der Waals surface area (Å²) in [5, 5.41) is 2.85. The van der Waals surface area contributed by atoms with Gasteiger partial charge in [-0.15, -0.1) is 0 Å². The lowest BCUT2D eigenvalue weighted by Gasteiger charge is -2.35. The van der Waals surface area contributed by atoms with E-state index in [1.807, 2.05) is 0 Å². The van der Waals surface area contributed by atoms with Crippen molar-refractivity contribution in [1.82, 2.24) is 10.2 Å². The molecule has 1 N–H and O–H groups in total. The van der Waals surface area contributed by atoms with Crippen molar-refractivity contribution in [1.29, 1.82) is 0 Å². The van der Waals surface area contributed by atoms with Crippen LogP contribution < -0.4 is 5.32 Å². The predicted octanol–water partition coefficient (Wildman–Crippen LogP) is 3.71. The number of urea groups is 1. The van der Waals surface area contributed by atoms with Crippen molar-refractivity contribution in [3.63, 3.8) is 0 Å². The summed E-state index contributed by atoms with van der Waals surface area (Å²) in [6, 6.07) is 3.19. The van der Waals surface area contributed by atoms with Gasteiger partial charge < -0.3 is 10.2 Å². The van der Waals surface area contributed by atoms with E-state index in [0.717, 1.165) is 31.6 Å². The highest BCUT2D eigenvalue weighted by molar-refractivity contribution is 5.74. The van der Waals surface area contributed by atoms with Gasteiger partial charge in [0, 0.05) is 13.1 Å². The van der Waals surface area contributed by atoms with Crippen LogP contribution in [0, 0.1) is 23.5 Å². The van der Waals surface area contributed by atoms with Crippen LogP contribution in [-0.2, 0) is 0 Å². The SMILES string of the molecule is CC1CC(C)CN(C(=O)NC(C)c2ccc(F)c(F)c2)C1. The minimum Gasteiger partial charge on any atom is -0.331 e. The number of carbonyl (C=O) groups is 1. The minimum atomic E-state index is -0.895. The second kappa shape index (κ2) is 6.41. The molecule has 2 rings (SSSR count). The molecular formula is C16H22F2N2O. The van der Waals surface area contributed by atoms with E-state index in [1.54, 1.807) is 11.8 Å². The van der Waals surface area contributed by atoms with Crippen molar-refractivity contribution in [3.05, 3.63) is 35.4 Å². The van der Waals surface area contributed by atoms with Crippen LogP contribution >= 0.6 is 0 Å². The first kappa shape index (κ1) is 15.7. The summed E-state index contributed by atoms with van der Waals surface area (Å²) >= 11 is 0. The first-order chi connectivity index (χ1) is 9.86. The average molecular weight is 296 g/mol. The Labute approximate surface area is 124 Å². The number of nitrogens with zero attached hydrogens (tertiary/aromatic N) is 1. The molecular weight excluding hydrogens is 274 g/mol. The van der Waals surface area contributed by atoms with E-state index in [0.29, 0.717) is 17.4 Å². The minimum absolute atomic E-state index is 0.148. The summed E-state index contributed by atoms with van der Waals surface area (Å²) in [6.07, 6.45) is 1.13. The van der Waals surface area contributed by atoms with E-state index in [1.165, 1.54) is 6.07 Å². The summed E-state index contributed by atoms with van der Waals surface area (Å²) in [5.41, 5.74) is 0.556. The quantitative estimate of drug-likeness (QED) is 0.886. The second-order valence-corrected chi connectivity index (χ2v) is 6.20. The largest absolute Gasteiger partial charge is 0.331 e. The Kier molecular flexibility index (Phi) is 4.80. The van der Waals surface area contributed by atoms with Gasteiger partial charge in [-0.05, 0) is 42.9 Å². The Hall–Kier alpha value is -1.65. The third kappa shape index (κ3) is 3.93. The Bertz CT molecular complexity index is 511. The van der Waals surface area contributed by atoms with Gasteiger partial charge in [-0.2, -0.15) is 0 Å². The molecule has 5 heteroatoms. The third-order valence-corrected chi connectivity index (χ3v) is 3.94. The van der Waals surface area contributed by atoms with E-state index in [4.69, 9.17) is 0 Å². The van der Waals surface area contributed by atoms with Crippen molar-refractivity contribution >= 4 is 6.03 Å². The fourth-order valence-corrected chi connectivity index (χ4v) is 2.97. The molecule has 0 aliphatic carbocycles. The molecule has 3 unspecified atom stereocenters. The molecule has 0 bridgehead atoms. The van der Waals surface area contributed by atoms with Crippen molar-refractivity contribution in [2.75, 3.05) is 13.1 Å². The van der Waals surface area contributed by atoms with E-state index in [-0.39, 0.29) is 12.1 Å². The zero-order valence-electron chi connectivity index (χ0n) is 12.7. The lowest BCUT2D eigenvalue weighted by atomic mass is 9.92. The monoisotopic (exact) mass is 296 g/mol. The molecule has 0 spiro atoms. The van der Waals surface area contributed by atoms with E-state index in [2.05, 4.69) is 19.2 Å². The van der Waals surface area contributed by atoms with Crippen molar-refractivity contribution in [2.45, 2.75) is 33.2 Å². The predicted molar refractivity (Wildman–Crippen MR) is 77.8 cm³/mol. The molecule has 21 heavy (non-hydrogen) atoms. The summed E-state index contributed by atoms with van der Waals surface area (Å²) in [5.74, 6) is -0.805. The molecule has 0 aromatic heterocycles. The Morgan fingerprint density at radius 2 is 1.86 bits per heavy atom. The second-order valence-electron chi connectivity index (χ2n) is 6.20. The van der Waals surface area contributed by atoms with Gasteiger partial charge in [-0.3, -0.25) is 0 Å². The zero-order valence-corrected chi connectivity index (χ0v) is 12.7. The first-order valence-electron chi connectivity index (χ1n) is 7.37. The molecule has 0 radical (unpaired) electrons. The lowest BCUT2D eigenvalue weighted by Crippen LogP contribution is -2.48. The van der Waals surface area contributed by atoms with E-state index < -0.39 is 11.6 Å². The first-order valence-corrected chi connectivity index (χ1v) is 7.37. The van der Waals surface area contributed by atoms with Gasteiger partial charge in [0.15, 0.2) is 11.6 Å². The van der Waals surface area contributed by atoms with Gasteiger partial charge in [0.2, 0.25) is 0 Å². The molecule has 1 aromatic carbocycles. The molecule has 3 atom stereocenters. The molecule has 1 fully saturated rings. The fourth-order valence-electron chi connectivity index (χ4n) is 2.97. The molecule has 3 nitrogen and oxygen atoms in total. The molecule has 1 aliphatic heterocycles. The highest BCUT2D eigenvalue weighted by atomic mass is 19.2. The van der Waals surface area contributed by atoms with Crippen molar-refractivity contribution in [3.8, 4) is 0 Å². The lowest BCUT2D eigenvalue weighted by molar-refractivity contribution is 0.144. The molecule has 0 saturated carbocycles. The molecule has 1 aromatic rings. The Morgan fingerprint density at radius 1 is 1.24 bits per heavy atom. The average Bonchev–Trinajstić information content (AvgIpc) is 2.40. The highest BCUT2D eigenvalue weighted by Gasteiger charge is 2.26. The van der Waals surface area contributed by atoms with Gasteiger partial charge in [-0.25, -0.2) is 13.6 Å². The summed E-state index contributed by atoms with van der Waals surface area (Å²) in [7, 11) is 0. The molecule has 1 aliphatic rings. The summed E-state index contributed by atoms with van der Waals surface area (Å²) in [6.45, 7) is 7.51. The van der Waals surface area contributed by atoms with Gasteiger partial charge >= 0.3 is 6.03 Å². The van der Waals surface area contributed by atoms with Crippen LogP contribution in [0.25, 0.3) is 0 Å². The molecule has 1 saturated heterocycles. The number of carbonyl (C=O) groups excluding carboxylic acids is 1. The maximum Gasteiger partial charge on any atom is 0.317 e. The van der Waals surface area contributed by atoms with Crippen molar-refractivity contribution in [2.24, 2.45) is 11.8 Å². The number of hydrogen-bond acceptors (Lipinski definition) is 1. The van der Waals surface area contributed by atoms with E-state index in [9.17, 15) is 13.6 Å². The number of piperidine rings is 1. The number of rotatable bonds is 2. The number of halogens is 2. The maximum absolute atomic E-state index is 13.2. The van der Waals surface area contributed by atoms with Crippen LogP contribution in [0.4, 0.5) is 13.6 Å². The maximum atomic E-state index is 13.2. The number of hydrogen-bond donors (Lipinski definition) is 1. The van der Waals surface area contributed by atoms with Crippen LogP contribution in [0.5, 0.6) is 0 Å². The molecule has 2 amide bonds. The number of benzene rings is 1. The van der Waals surface area contributed by atoms with Crippen LogP contribution in [0.3, 0.4) is 0 Å². The summed E-state index contributed by atoms with van der Waals surface area (Å²) in [4.78, 5) is 14.1. The zero-order chi connectivity index (χ0) is 15.6. The smallest absolute Gasteiger partial charge is 0.317 e. The summed E-state index contributed by atoms with van der Waals surface area (Å²) < 4.78 is 26.2. The van der Waals surface area contributed by atoms with Crippen LogP contribution in [-0.4, -0.2) is 24.0 Å². The van der Waals surface area contributed by atoms with Crippen LogP contribution in [0.1, 0.15) is 38.8 Å². The number of nitrogens with one attached hydrogen (secondary N) is 1. The number of amides is 2. The van der Waals surface area contributed by atoms with Crippen LogP contribution in [0.2, 0.25) is 0 Å². The highest BCUT2D eigenvalue weighted by Crippen LogP contribution is 2.22. The van der Waals surface area contributed by atoms with E-state index >= 15 is 0 Å². The van der Waals surface area contributed by atoms with Gasteiger partial charge in [0.1, 0.15) is 0 Å². The number of likely N-dealkylation sites (tertiary alicyclic amines) is 1. The fraction of sp³-hybridized carbons (Fsp3) is 0.562. The topological polar surface area (TPSA) is 32.3 Å². The Balaban J connectivity index is 1.99.